The van der Waals surface area contributed by atoms with Crippen LogP contribution in [0.25, 0.3) is 0 Å². The van der Waals surface area contributed by atoms with Crippen LogP contribution in [0.15, 0.2) is 42.5 Å². The number of carbonyl (C=O) groups is 1. The Hall–Kier alpha value is -2.37. The van der Waals surface area contributed by atoms with Crippen LogP contribution in [-0.4, -0.2) is 15.7 Å². The molecule has 1 amide bonds. The van der Waals surface area contributed by atoms with E-state index in [1.165, 1.54) is 12.1 Å². The molecule has 0 aliphatic carbocycles. The summed E-state index contributed by atoms with van der Waals surface area (Å²) < 4.78 is 15.0. The molecule has 0 bridgehead atoms. The minimum Gasteiger partial charge on any atom is -0.352 e. The van der Waals surface area contributed by atoms with Crippen LogP contribution in [-0.2, 0) is 24.3 Å². The van der Waals surface area contributed by atoms with E-state index in [4.69, 9.17) is 23.2 Å². The topological polar surface area (TPSA) is 46.9 Å². The van der Waals surface area contributed by atoms with Gasteiger partial charge in [0.25, 0.3) is 0 Å². The monoisotopic (exact) mass is 419 g/mol. The highest BCUT2D eigenvalue weighted by Crippen LogP contribution is 2.18. The lowest BCUT2D eigenvalue weighted by atomic mass is 10.1. The van der Waals surface area contributed by atoms with Crippen molar-refractivity contribution in [3.05, 3.63) is 86.4 Å². The van der Waals surface area contributed by atoms with Gasteiger partial charge in [-0.15, -0.1) is 0 Å². The van der Waals surface area contributed by atoms with E-state index in [2.05, 4.69) is 10.4 Å². The summed E-state index contributed by atoms with van der Waals surface area (Å²) in [5.74, 6) is -0.544. The maximum Gasteiger partial charge on any atom is 0.224 e. The highest BCUT2D eigenvalue weighted by atomic mass is 35.5. The molecule has 7 heteroatoms. The van der Waals surface area contributed by atoms with E-state index in [1.54, 1.807) is 6.07 Å². The minimum absolute atomic E-state index is 0.141. The highest BCUT2D eigenvalue weighted by molar-refractivity contribution is 6.31. The fraction of sp³-hybridized carbons (Fsp3) is 0.238. The number of aromatic nitrogens is 2. The summed E-state index contributed by atoms with van der Waals surface area (Å²) in [6.45, 7) is 4.70. The van der Waals surface area contributed by atoms with E-state index >= 15 is 0 Å². The standard InChI is InChI=1S/C21H20Cl2FN3O/c1-13-19(10-21(28)25-11-16-5-8-18(24)9-20(16)23)14(2)27(26-13)12-15-3-6-17(22)7-4-15/h3-9H,10-12H2,1-2H3,(H,25,28). The average molecular weight is 420 g/mol. The Morgan fingerprint density at radius 2 is 1.86 bits per heavy atom. The zero-order valence-corrected chi connectivity index (χ0v) is 17.1. The molecule has 0 atom stereocenters. The van der Waals surface area contributed by atoms with Gasteiger partial charge in [-0.3, -0.25) is 9.48 Å². The molecule has 0 spiro atoms. The largest absolute Gasteiger partial charge is 0.352 e. The van der Waals surface area contributed by atoms with E-state index in [-0.39, 0.29) is 18.9 Å². The first-order chi connectivity index (χ1) is 13.3. The molecule has 1 aromatic heterocycles. The Morgan fingerprint density at radius 3 is 2.54 bits per heavy atom. The second-order valence-corrected chi connectivity index (χ2v) is 7.47. The fourth-order valence-electron chi connectivity index (χ4n) is 2.99. The number of rotatable bonds is 6. The molecule has 0 saturated heterocycles. The van der Waals surface area contributed by atoms with Crippen LogP contribution in [0, 0.1) is 19.7 Å². The van der Waals surface area contributed by atoms with E-state index in [0.29, 0.717) is 22.2 Å². The number of hydrogen-bond acceptors (Lipinski definition) is 2. The van der Waals surface area contributed by atoms with Gasteiger partial charge in [0.2, 0.25) is 5.91 Å². The van der Waals surface area contributed by atoms with E-state index < -0.39 is 5.82 Å². The zero-order chi connectivity index (χ0) is 20.3. The molecule has 2 aromatic carbocycles. The summed E-state index contributed by atoms with van der Waals surface area (Å²) in [5.41, 5.74) is 4.42. The molecule has 28 heavy (non-hydrogen) atoms. The molecule has 0 saturated carbocycles. The first-order valence-corrected chi connectivity index (χ1v) is 9.57. The average Bonchev–Trinajstić information content (AvgIpc) is 2.90. The normalized spacial score (nSPS) is 10.9. The van der Waals surface area contributed by atoms with Crippen LogP contribution >= 0.6 is 23.2 Å². The summed E-state index contributed by atoms with van der Waals surface area (Å²) in [6.07, 6.45) is 0.219. The maximum atomic E-state index is 13.1. The van der Waals surface area contributed by atoms with Crippen molar-refractivity contribution in [2.24, 2.45) is 0 Å². The molecular formula is C21H20Cl2FN3O. The number of aryl methyl sites for hydroxylation is 1. The lowest BCUT2D eigenvalue weighted by molar-refractivity contribution is -0.120. The minimum atomic E-state index is -0.403. The van der Waals surface area contributed by atoms with Gasteiger partial charge in [-0.2, -0.15) is 5.10 Å². The van der Waals surface area contributed by atoms with Crippen LogP contribution in [0.5, 0.6) is 0 Å². The number of hydrogen-bond donors (Lipinski definition) is 1. The van der Waals surface area contributed by atoms with Crippen molar-refractivity contribution in [1.82, 2.24) is 15.1 Å². The second-order valence-electron chi connectivity index (χ2n) is 6.62. The SMILES string of the molecule is Cc1nn(Cc2ccc(Cl)cc2)c(C)c1CC(=O)NCc1ccc(F)cc1Cl. The van der Waals surface area contributed by atoms with Gasteiger partial charge in [-0.25, -0.2) is 4.39 Å². The Morgan fingerprint density at radius 1 is 1.14 bits per heavy atom. The molecule has 3 rings (SSSR count). The van der Waals surface area contributed by atoms with Crippen molar-refractivity contribution in [1.29, 1.82) is 0 Å². The van der Waals surface area contributed by atoms with Crippen molar-refractivity contribution >= 4 is 29.1 Å². The van der Waals surface area contributed by atoms with Crippen molar-refractivity contribution in [3.63, 3.8) is 0 Å². The number of halogens is 3. The van der Waals surface area contributed by atoms with Crippen LogP contribution < -0.4 is 5.32 Å². The Labute approximate surface area is 173 Å². The van der Waals surface area contributed by atoms with E-state index in [0.717, 1.165) is 22.5 Å². The summed E-state index contributed by atoms with van der Waals surface area (Å²) in [6, 6.07) is 11.7. The molecule has 146 valence electrons. The molecule has 0 unspecified atom stereocenters. The van der Waals surface area contributed by atoms with Gasteiger partial charge >= 0.3 is 0 Å². The quantitative estimate of drug-likeness (QED) is 0.620. The van der Waals surface area contributed by atoms with Gasteiger partial charge in [0, 0.05) is 27.8 Å². The molecule has 0 aliphatic rings. The molecule has 0 aliphatic heterocycles. The summed E-state index contributed by atoms with van der Waals surface area (Å²) in [4.78, 5) is 12.4. The predicted molar refractivity (Wildman–Crippen MR) is 109 cm³/mol. The van der Waals surface area contributed by atoms with Crippen molar-refractivity contribution in [2.75, 3.05) is 0 Å². The van der Waals surface area contributed by atoms with Crippen LogP contribution in [0.4, 0.5) is 4.39 Å². The third kappa shape index (κ3) is 4.91. The van der Waals surface area contributed by atoms with Crippen molar-refractivity contribution in [3.8, 4) is 0 Å². The molecule has 1 N–H and O–H groups in total. The fourth-order valence-corrected chi connectivity index (χ4v) is 3.35. The third-order valence-electron chi connectivity index (χ3n) is 4.61. The molecular weight excluding hydrogens is 400 g/mol. The number of nitrogens with zero attached hydrogens (tertiary/aromatic N) is 2. The lowest BCUT2D eigenvalue weighted by Crippen LogP contribution is -2.25. The van der Waals surface area contributed by atoms with Gasteiger partial charge < -0.3 is 5.32 Å². The molecule has 4 nitrogen and oxygen atoms in total. The van der Waals surface area contributed by atoms with Crippen LogP contribution in [0.2, 0.25) is 10.0 Å². The summed E-state index contributed by atoms with van der Waals surface area (Å²) >= 11 is 11.9. The Balaban J connectivity index is 1.65. The lowest BCUT2D eigenvalue weighted by Gasteiger charge is -2.08. The van der Waals surface area contributed by atoms with Crippen LogP contribution in [0.1, 0.15) is 28.1 Å². The zero-order valence-electron chi connectivity index (χ0n) is 15.6. The van der Waals surface area contributed by atoms with Crippen molar-refractivity contribution in [2.45, 2.75) is 33.4 Å². The molecule has 0 radical (unpaired) electrons. The van der Waals surface area contributed by atoms with Crippen LogP contribution in [0.3, 0.4) is 0 Å². The first kappa shape index (κ1) is 20.4. The number of amides is 1. The Kier molecular flexibility index (Phi) is 6.37. The summed E-state index contributed by atoms with van der Waals surface area (Å²) in [5, 5.41) is 8.38. The van der Waals surface area contributed by atoms with Crippen molar-refractivity contribution < 1.29 is 9.18 Å². The van der Waals surface area contributed by atoms with Gasteiger partial charge in [-0.1, -0.05) is 41.4 Å². The van der Waals surface area contributed by atoms with E-state index in [9.17, 15) is 9.18 Å². The smallest absolute Gasteiger partial charge is 0.224 e. The summed E-state index contributed by atoms with van der Waals surface area (Å²) in [7, 11) is 0. The van der Waals surface area contributed by atoms with Gasteiger partial charge in [-0.05, 0) is 49.2 Å². The molecule has 3 aromatic rings. The number of carbonyl (C=O) groups excluding carboxylic acids is 1. The number of nitrogens with one attached hydrogen (secondary N) is 1. The first-order valence-electron chi connectivity index (χ1n) is 8.81. The molecule has 0 fully saturated rings. The van der Waals surface area contributed by atoms with E-state index in [1.807, 2.05) is 42.8 Å². The van der Waals surface area contributed by atoms with Gasteiger partial charge in [0.05, 0.1) is 18.7 Å². The van der Waals surface area contributed by atoms with Gasteiger partial charge in [0.15, 0.2) is 0 Å². The van der Waals surface area contributed by atoms with Gasteiger partial charge in [0.1, 0.15) is 5.82 Å². The number of benzene rings is 2. The maximum absolute atomic E-state index is 13.1. The third-order valence-corrected chi connectivity index (χ3v) is 5.21. The Bertz CT molecular complexity index is 1000. The predicted octanol–water partition coefficient (Wildman–Crippen LogP) is 4.85. The molecule has 1 heterocycles. The highest BCUT2D eigenvalue weighted by Gasteiger charge is 2.15. The second kappa shape index (κ2) is 8.76.